The lowest BCUT2D eigenvalue weighted by Gasteiger charge is -2.40. The molecule has 2 aliphatic rings. The molecule has 1 aliphatic carbocycles. The summed E-state index contributed by atoms with van der Waals surface area (Å²) in [6.07, 6.45) is 3.74. The van der Waals surface area contributed by atoms with Crippen LogP contribution in [0.25, 0.3) is 11.0 Å². The normalized spacial score (nSPS) is 22.5. The van der Waals surface area contributed by atoms with E-state index in [1.54, 1.807) is 11.1 Å². The number of hydrogen-bond donors (Lipinski definition) is 0. The molecule has 2 heterocycles. The van der Waals surface area contributed by atoms with Gasteiger partial charge in [0.15, 0.2) is 0 Å². The van der Waals surface area contributed by atoms with Crippen LogP contribution in [0.1, 0.15) is 54.7 Å². The first-order valence-electron chi connectivity index (χ1n) is 11.8. The van der Waals surface area contributed by atoms with Gasteiger partial charge in [-0.15, -0.1) is 0 Å². The molecule has 0 radical (unpaired) electrons. The number of imidazole rings is 1. The Hall–Kier alpha value is -2.17. The first-order valence-corrected chi connectivity index (χ1v) is 11.8. The van der Waals surface area contributed by atoms with Crippen molar-refractivity contribution >= 4 is 11.0 Å². The van der Waals surface area contributed by atoms with Crippen LogP contribution in [-0.2, 0) is 17.6 Å². The molecular formula is C27H35N3O. The molecular weight excluding hydrogens is 382 g/mol. The Morgan fingerprint density at radius 2 is 1.84 bits per heavy atom. The number of piperidine rings is 1. The van der Waals surface area contributed by atoms with Crippen LogP contribution in [0, 0.1) is 12.8 Å². The Labute approximate surface area is 186 Å². The van der Waals surface area contributed by atoms with Gasteiger partial charge in [0.25, 0.3) is 0 Å². The summed E-state index contributed by atoms with van der Waals surface area (Å²) in [6.45, 7) is 9.93. The van der Waals surface area contributed by atoms with Crippen molar-refractivity contribution in [1.29, 1.82) is 0 Å². The standard InChI is InChI=1S/C27H35N3O/c1-18(2)27-28-23-13-19(3)9-10-24(23)30(27)25-11-12-29(17-26(25)31-4)16-20-14-21-7-5-6-8-22(21)15-20/h5-10,13,18,20,25-26H,11-12,14-17H2,1-4H3/t25-,26-/m0/s1. The largest absolute Gasteiger partial charge is 0.378 e. The zero-order chi connectivity index (χ0) is 21.5. The van der Waals surface area contributed by atoms with Crippen molar-refractivity contribution in [2.45, 2.75) is 58.1 Å². The number of rotatable bonds is 5. The Bertz CT molecular complexity index is 1040. The first kappa shape index (κ1) is 20.7. The molecule has 31 heavy (non-hydrogen) atoms. The van der Waals surface area contributed by atoms with E-state index >= 15 is 0 Å². The summed E-state index contributed by atoms with van der Waals surface area (Å²) in [5, 5.41) is 0. The summed E-state index contributed by atoms with van der Waals surface area (Å²) in [7, 11) is 1.88. The van der Waals surface area contributed by atoms with Gasteiger partial charge in [-0.25, -0.2) is 4.98 Å². The Morgan fingerprint density at radius 3 is 2.52 bits per heavy atom. The zero-order valence-electron chi connectivity index (χ0n) is 19.3. The molecule has 5 rings (SSSR count). The minimum Gasteiger partial charge on any atom is -0.378 e. The van der Waals surface area contributed by atoms with Crippen LogP contribution in [0.4, 0.5) is 0 Å². The number of likely N-dealkylation sites (tertiary alicyclic amines) is 1. The monoisotopic (exact) mass is 417 g/mol. The van der Waals surface area contributed by atoms with Crippen molar-refractivity contribution in [1.82, 2.24) is 14.5 Å². The summed E-state index contributed by atoms with van der Waals surface area (Å²) >= 11 is 0. The van der Waals surface area contributed by atoms with Crippen LogP contribution in [-0.4, -0.2) is 47.3 Å². The van der Waals surface area contributed by atoms with E-state index < -0.39 is 0 Å². The number of aromatic nitrogens is 2. The molecule has 0 spiro atoms. The van der Waals surface area contributed by atoms with Crippen LogP contribution in [0.5, 0.6) is 0 Å². The maximum absolute atomic E-state index is 6.10. The third kappa shape index (κ3) is 3.92. The predicted octanol–water partition coefficient (Wildman–Crippen LogP) is 5.14. The highest BCUT2D eigenvalue weighted by Crippen LogP contribution is 2.34. The number of aryl methyl sites for hydroxylation is 1. The molecule has 164 valence electrons. The lowest BCUT2D eigenvalue weighted by Crippen LogP contribution is -2.47. The zero-order valence-corrected chi connectivity index (χ0v) is 19.3. The average Bonchev–Trinajstić information content (AvgIpc) is 3.34. The number of benzene rings is 2. The summed E-state index contributed by atoms with van der Waals surface area (Å²) in [6, 6.07) is 16.0. The third-order valence-corrected chi connectivity index (χ3v) is 7.28. The van der Waals surface area contributed by atoms with Crippen molar-refractivity contribution in [3.8, 4) is 0 Å². The van der Waals surface area contributed by atoms with Gasteiger partial charge in [-0.1, -0.05) is 44.2 Å². The molecule has 3 aromatic rings. The summed E-state index contributed by atoms with van der Waals surface area (Å²) in [5.74, 6) is 2.31. The van der Waals surface area contributed by atoms with Gasteiger partial charge < -0.3 is 14.2 Å². The smallest absolute Gasteiger partial charge is 0.112 e. The second kappa shape index (κ2) is 8.40. The lowest BCUT2D eigenvalue weighted by atomic mass is 9.97. The average molecular weight is 418 g/mol. The SMILES string of the molecule is CO[C@H]1CN(CC2Cc3ccccc3C2)CC[C@@H]1n1c(C(C)C)nc2cc(C)ccc21. The van der Waals surface area contributed by atoms with Gasteiger partial charge in [-0.05, 0) is 60.9 Å². The van der Waals surface area contributed by atoms with Crippen molar-refractivity contribution < 1.29 is 4.74 Å². The molecule has 4 nitrogen and oxygen atoms in total. The van der Waals surface area contributed by atoms with Gasteiger partial charge in [0, 0.05) is 32.7 Å². The van der Waals surface area contributed by atoms with E-state index in [-0.39, 0.29) is 6.10 Å². The number of ether oxygens (including phenoxy) is 1. The minimum absolute atomic E-state index is 0.189. The maximum atomic E-state index is 6.10. The van der Waals surface area contributed by atoms with Gasteiger partial charge >= 0.3 is 0 Å². The highest BCUT2D eigenvalue weighted by atomic mass is 16.5. The molecule has 0 amide bonds. The second-order valence-electron chi connectivity index (χ2n) is 9.92. The molecule has 0 saturated carbocycles. The second-order valence-corrected chi connectivity index (χ2v) is 9.92. The Balaban J connectivity index is 1.35. The molecule has 1 aliphatic heterocycles. The number of methoxy groups -OCH3 is 1. The van der Waals surface area contributed by atoms with Crippen LogP contribution >= 0.6 is 0 Å². The predicted molar refractivity (Wildman–Crippen MR) is 127 cm³/mol. The molecule has 1 aromatic heterocycles. The van der Waals surface area contributed by atoms with Gasteiger partial charge in [-0.2, -0.15) is 0 Å². The highest BCUT2D eigenvalue weighted by molar-refractivity contribution is 5.77. The molecule has 0 unspecified atom stereocenters. The van der Waals surface area contributed by atoms with Crippen molar-refractivity contribution in [3.63, 3.8) is 0 Å². The number of fused-ring (bicyclic) bond motifs is 2. The van der Waals surface area contributed by atoms with E-state index in [4.69, 9.17) is 9.72 Å². The van der Waals surface area contributed by atoms with Gasteiger partial charge in [0.05, 0.1) is 23.2 Å². The molecule has 2 atom stereocenters. The quantitative estimate of drug-likeness (QED) is 0.575. The van der Waals surface area contributed by atoms with Crippen molar-refractivity contribution in [3.05, 3.63) is 65.0 Å². The van der Waals surface area contributed by atoms with E-state index in [1.807, 2.05) is 7.11 Å². The van der Waals surface area contributed by atoms with E-state index in [0.717, 1.165) is 30.9 Å². The van der Waals surface area contributed by atoms with Gasteiger partial charge in [-0.3, -0.25) is 0 Å². The first-order chi connectivity index (χ1) is 15.0. The Morgan fingerprint density at radius 1 is 1.10 bits per heavy atom. The molecule has 4 heteroatoms. The molecule has 0 bridgehead atoms. The van der Waals surface area contributed by atoms with Crippen molar-refractivity contribution in [2.24, 2.45) is 5.92 Å². The van der Waals surface area contributed by atoms with E-state index in [0.29, 0.717) is 12.0 Å². The molecule has 1 saturated heterocycles. The van der Waals surface area contributed by atoms with Crippen molar-refractivity contribution in [2.75, 3.05) is 26.7 Å². The lowest BCUT2D eigenvalue weighted by molar-refractivity contribution is -0.00966. The van der Waals surface area contributed by atoms with Crippen LogP contribution in [0.15, 0.2) is 42.5 Å². The third-order valence-electron chi connectivity index (χ3n) is 7.28. The Kier molecular flexibility index (Phi) is 5.61. The number of hydrogen-bond acceptors (Lipinski definition) is 3. The highest BCUT2D eigenvalue weighted by Gasteiger charge is 2.35. The topological polar surface area (TPSA) is 30.3 Å². The van der Waals surface area contributed by atoms with Gasteiger partial charge in [0.2, 0.25) is 0 Å². The molecule has 2 aromatic carbocycles. The summed E-state index contributed by atoms with van der Waals surface area (Å²) in [5.41, 5.74) is 6.73. The van der Waals surface area contributed by atoms with E-state index in [9.17, 15) is 0 Å². The van der Waals surface area contributed by atoms with Crippen LogP contribution in [0.2, 0.25) is 0 Å². The van der Waals surface area contributed by atoms with E-state index in [1.165, 1.54) is 36.3 Å². The molecule has 0 N–H and O–H groups in total. The molecule has 1 fully saturated rings. The van der Waals surface area contributed by atoms with Gasteiger partial charge in [0.1, 0.15) is 5.82 Å². The van der Waals surface area contributed by atoms with E-state index in [2.05, 4.69) is 72.7 Å². The van der Waals surface area contributed by atoms with Crippen LogP contribution < -0.4 is 0 Å². The van der Waals surface area contributed by atoms with Crippen LogP contribution in [0.3, 0.4) is 0 Å². The number of nitrogens with zero attached hydrogens (tertiary/aromatic N) is 3. The summed E-state index contributed by atoms with van der Waals surface area (Å²) in [4.78, 5) is 7.67. The minimum atomic E-state index is 0.189. The fourth-order valence-electron chi connectivity index (χ4n) is 5.79. The fourth-order valence-corrected chi connectivity index (χ4v) is 5.79. The summed E-state index contributed by atoms with van der Waals surface area (Å²) < 4.78 is 8.60. The maximum Gasteiger partial charge on any atom is 0.112 e. The fraction of sp³-hybridized carbons (Fsp3) is 0.519.